The molecule has 0 amide bonds. The van der Waals surface area contributed by atoms with Crippen molar-refractivity contribution in [3.63, 3.8) is 0 Å². The van der Waals surface area contributed by atoms with Gasteiger partial charge in [-0.15, -0.1) is 10.2 Å². The van der Waals surface area contributed by atoms with Crippen LogP contribution < -0.4 is 0 Å². The molecule has 2 aromatic heterocycles. The van der Waals surface area contributed by atoms with E-state index in [2.05, 4.69) is 15.2 Å². The fourth-order valence-electron chi connectivity index (χ4n) is 1.36. The number of nitrogens with zero attached hydrogens (tertiary/aromatic N) is 3. The Balaban J connectivity index is 2.60. The zero-order valence-corrected chi connectivity index (χ0v) is 9.28. The molecule has 0 saturated heterocycles. The van der Waals surface area contributed by atoms with Crippen molar-refractivity contribution in [2.24, 2.45) is 0 Å². The third-order valence-corrected chi connectivity index (χ3v) is 2.78. The maximum atomic E-state index is 5.89. The van der Waals surface area contributed by atoms with Gasteiger partial charge in [0.2, 0.25) is 0 Å². The lowest BCUT2D eigenvalue weighted by molar-refractivity contribution is 1.00. The van der Waals surface area contributed by atoms with Gasteiger partial charge in [0, 0.05) is 18.0 Å². The molecule has 2 aromatic rings. The zero-order chi connectivity index (χ0) is 10.8. The molecule has 0 saturated carbocycles. The first-order valence-electron chi connectivity index (χ1n) is 4.60. The minimum Gasteiger partial charge on any atom is -0.265 e. The van der Waals surface area contributed by atoms with Crippen molar-refractivity contribution in [2.45, 2.75) is 13.8 Å². The van der Waals surface area contributed by atoms with Crippen LogP contribution in [0.3, 0.4) is 0 Å². The second-order valence-corrected chi connectivity index (χ2v) is 3.68. The van der Waals surface area contributed by atoms with E-state index in [4.69, 9.17) is 11.6 Å². The van der Waals surface area contributed by atoms with Gasteiger partial charge < -0.3 is 0 Å². The summed E-state index contributed by atoms with van der Waals surface area (Å²) in [4.78, 5) is 3.97. The Labute approximate surface area is 93.1 Å². The van der Waals surface area contributed by atoms with E-state index in [1.165, 1.54) is 0 Å². The number of rotatable bonds is 1. The molecule has 15 heavy (non-hydrogen) atoms. The maximum Gasteiger partial charge on any atom is 0.154 e. The Bertz CT molecular complexity index is 483. The van der Waals surface area contributed by atoms with Gasteiger partial charge in [0.05, 0.1) is 5.69 Å². The number of halogens is 1. The van der Waals surface area contributed by atoms with E-state index in [0.29, 0.717) is 5.15 Å². The van der Waals surface area contributed by atoms with Gasteiger partial charge in [0.25, 0.3) is 0 Å². The summed E-state index contributed by atoms with van der Waals surface area (Å²) in [5.74, 6) is 0. The molecule has 4 heteroatoms. The van der Waals surface area contributed by atoms with Crippen molar-refractivity contribution >= 4 is 11.6 Å². The molecule has 0 fully saturated rings. The van der Waals surface area contributed by atoms with E-state index < -0.39 is 0 Å². The smallest absolute Gasteiger partial charge is 0.154 e. The second kappa shape index (κ2) is 3.95. The molecule has 2 heterocycles. The third-order valence-electron chi connectivity index (χ3n) is 2.42. The summed E-state index contributed by atoms with van der Waals surface area (Å²) in [6.45, 7) is 3.93. The van der Waals surface area contributed by atoms with E-state index in [9.17, 15) is 0 Å². The van der Waals surface area contributed by atoms with Crippen LogP contribution in [-0.4, -0.2) is 15.2 Å². The molecule has 76 valence electrons. The van der Waals surface area contributed by atoms with Crippen LogP contribution in [-0.2, 0) is 0 Å². The normalized spacial score (nSPS) is 10.3. The molecule has 0 bridgehead atoms. The Morgan fingerprint density at radius 1 is 1.00 bits per heavy atom. The summed E-state index contributed by atoms with van der Waals surface area (Å²) >= 11 is 5.89. The van der Waals surface area contributed by atoms with Crippen molar-refractivity contribution in [2.75, 3.05) is 0 Å². The molecule has 2 rings (SSSR count). The summed E-state index contributed by atoms with van der Waals surface area (Å²) in [6.07, 6.45) is 3.47. The van der Waals surface area contributed by atoms with Crippen LogP contribution in [0.5, 0.6) is 0 Å². The van der Waals surface area contributed by atoms with Crippen LogP contribution in [0, 0.1) is 13.8 Å². The molecule has 0 N–H and O–H groups in total. The van der Waals surface area contributed by atoms with Gasteiger partial charge in [-0.05, 0) is 37.1 Å². The summed E-state index contributed by atoms with van der Waals surface area (Å²) in [5, 5.41) is 8.47. The molecule has 3 nitrogen and oxygen atoms in total. The lowest BCUT2D eigenvalue weighted by Crippen LogP contribution is -1.96. The third kappa shape index (κ3) is 1.83. The minimum absolute atomic E-state index is 0.463. The van der Waals surface area contributed by atoms with Crippen molar-refractivity contribution in [3.05, 3.63) is 40.8 Å². The van der Waals surface area contributed by atoms with Crippen LogP contribution in [0.2, 0.25) is 5.15 Å². The quantitative estimate of drug-likeness (QED) is 0.740. The van der Waals surface area contributed by atoms with E-state index in [0.717, 1.165) is 22.4 Å². The highest BCUT2D eigenvalue weighted by Gasteiger charge is 2.09. The first-order valence-corrected chi connectivity index (χ1v) is 4.97. The molecule has 0 aliphatic carbocycles. The summed E-state index contributed by atoms with van der Waals surface area (Å²) in [7, 11) is 0. The molecule has 0 aliphatic rings. The summed E-state index contributed by atoms with van der Waals surface area (Å²) in [6, 6.07) is 3.81. The van der Waals surface area contributed by atoms with Crippen molar-refractivity contribution < 1.29 is 0 Å². The van der Waals surface area contributed by atoms with E-state index in [1.54, 1.807) is 12.4 Å². The first kappa shape index (κ1) is 10.1. The number of hydrogen-bond acceptors (Lipinski definition) is 3. The molecular weight excluding hydrogens is 210 g/mol. The average molecular weight is 220 g/mol. The zero-order valence-electron chi connectivity index (χ0n) is 8.53. The SMILES string of the molecule is Cc1c(Cl)nnc(-c2ccncc2)c1C. The van der Waals surface area contributed by atoms with Gasteiger partial charge in [0.1, 0.15) is 0 Å². The van der Waals surface area contributed by atoms with Crippen molar-refractivity contribution in [3.8, 4) is 11.3 Å². The molecular formula is C11H10ClN3. The lowest BCUT2D eigenvalue weighted by Gasteiger charge is -2.07. The predicted molar refractivity (Wildman–Crippen MR) is 59.7 cm³/mol. The topological polar surface area (TPSA) is 38.7 Å². The number of pyridine rings is 1. The highest BCUT2D eigenvalue weighted by molar-refractivity contribution is 6.30. The average Bonchev–Trinajstić information content (AvgIpc) is 2.27. The van der Waals surface area contributed by atoms with E-state index in [1.807, 2.05) is 26.0 Å². The standard InChI is InChI=1S/C11H10ClN3/c1-7-8(2)11(12)15-14-10(7)9-3-5-13-6-4-9/h3-6H,1-2H3. The molecule has 0 aliphatic heterocycles. The second-order valence-electron chi connectivity index (χ2n) is 3.33. The Hall–Kier alpha value is -1.48. The van der Waals surface area contributed by atoms with Crippen LogP contribution in [0.1, 0.15) is 11.1 Å². The lowest BCUT2D eigenvalue weighted by atomic mass is 10.1. The van der Waals surface area contributed by atoms with Crippen LogP contribution in [0.25, 0.3) is 11.3 Å². The van der Waals surface area contributed by atoms with Gasteiger partial charge in [-0.2, -0.15) is 0 Å². The molecule has 0 unspecified atom stereocenters. The highest BCUT2D eigenvalue weighted by atomic mass is 35.5. The molecule has 0 atom stereocenters. The van der Waals surface area contributed by atoms with Gasteiger partial charge in [-0.1, -0.05) is 11.6 Å². The van der Waals surface area contributed by atoms with Gasteiger partial charge >= 0.3 is 0 Å². The van der Waals surface area contributed by atoms with Crippen LogP contribution in [0.4, 0.5) is 0 Å². The highest BCUT2D eigenvalue weighted by Crippen LogP contribution is 2.24. The Morgan fingerprint density at radius 2 is 1.67 bits per heavy atom. The molecule has 0 radical (unpaired) electrons. The summed E-state index contributed by atoms with van der Waals surface area (Å²) < 4.78 is 0. The van der Waals surface area contributed by atoms with Crippen molar-refractivity contribution in [1.82, 2.24) is 15.2 Å². The largest absolute Gasteiger partial charge is 0.265 e. The number of hydrogen-bond donors (Lipinski definition) is 0. The Kier molecular flexibility index (Phi) is 2.64. The van der Waals surface area contributed by atoms with Gasteiger partial charge in [-0.3, -0.25) is 4.98 Å². The van der Waals surface area contributed by atoms with Crippen LogP contribution in [0.15, 0.2) is 24.5 Å². The monoisotopic (exact) mass is 219 g/mol. The fraction of sp³-hybridized carbons (Fsp3) is 0.182. The predicted octanol–water partition coefficient (Wildman–Crippen LogP) is 2.81. The fourth-order valence-corrected chi connectivity index (χ4v) is 1.54. The summed E-state index contributed by atoms with van der Waals surface area (Å²) in [5.41, 5.74) is 3.90. The maximum absolute atomic E-state index is 5.89. The van der Waals surface area contributed by atoms with E-state index in [-0.39, 0.29) is 0 Å². The van der Waals surface area contributed by atoms with Gasteiger partial charge in [0.15, 0.2) is 5.15 Å². The molecule has 0 aromatic carbocycles. The minimum atomic E-state index is 0.463. The number of aromatic nitrogens is 3. The Morgan fingerprint density at radius 3 is 2.33 bits per heavy atom. The van der Waals surface area contributed by atoms with E-state index >= 15 is 0 Å². The first-order chi connectivity index (χ1) is 7.20. The van der Waals surface area contributed by atoms with Crippen LogP contribution >= 0.6 is 11.6 Å². The van der Waals surface area contributed by atoms with Crippen molar-refractivity contribution in [1.29, 1.82) is 0 Å². The van der Waals surface area contributed by atoms with Gasteiger partial charge in [-0.25, -0.2) is 0 Å². The molecule has 0 spiro atoms.